The molecule has 51 heavy (non-hydrogen) atoms. The fourth-order valence-corrected chi connectivity index (χ4v) is 8.68. The lowest BCUT2D eigenvalue weighted by Crippen LogP contribution is -2.17. The summed E-state index contributed by atoms with van der Waals surface area (Å²) in [6.07, 6.45) is 0. The quantitative estimate of drug-likeness (QED) is 0.198. The molecule has 0 bridgehead atoms. The maximum Gasteiger partial charge on any atom is 0.160 e. The summed E-state index contributed by atoms with van der Waals surface area (Å²) in [5, 5.41) is 7.84. The van der Waals surface area contributed by atoms with Crippen LogP contribution < -0.4 is 5.32 Å². The maximum atomic E-state index is 5.02. The number of thiophene rings is 1. The van der Waals surface area contributed by atoms with Gasteiger partial charge in [-0.2, -0.15) is 0 Å². The summed E-state index contributed by atoms with van der Waals surface area (Å²) in [6, 6.07) is 62.5. The summed E-state index contributed by atoms with van der Waals surface area (Å²) in [7, 11) is 0. The number of hydrogen-bond acceptors (Lipinski definition) is 4. The van der Waals surface area contributed by atoms with Crippen molar-refractivity contribution in [2.75, 3.05) is 5.32 Å². The van der Waals surface area contributed by atoms with Gasteiger partial charge in [-0.05, 0) is 39.6 Å². The van der Waals surface area contributed by atoms with Crippen LogP contribution in [0, 0.1) is 0 Å². The lowest BCUT2D eigenvalue weighted by atomic mass is 9.88. The first kappa shape index (κ1) is 29.5. The molecule has 0 saturated heterocycles. The zero-order valence-corrected chi connectivity index (χ0v) is 28.4. The van der Waals surface area contributed by atoms with Crippen molar-refractivity contribution in [3.05, 3.63) is 187 Å². The van der Waals surface area contributed by atoms with Gasteiger partial charge in [-0.25, -0.2) is 9.97 Å². The van der Waals surface area contributed by atoms with Crippen LogP contribution in [-0.2, 0) is 0 Å². The first-order chi connectivity index (χ1) is 25.3. The van der Waals surface area contributed by atoms with E-state index < -0.39 is 0 Å². The van der Waals surface area contributed by atoms with Crippen LogP contribution in [0.25, 0.3) is 76.3 Å². The van der Waals surface area contributed by atoms with Crippen molar-refractivity contribution in [3.8, 4) is 55.5 Å². The van der Waals surface area contributed by atoms with Gasteiger partial charge >= 0.3 is 0 Å². The van der Waals surface area contributed by atoms with Gasteiger partial charge in [0.15, 0.2) is 5.82 Å². The zero-order valence-electron chi connectivity index (χ0n) is 27.6. The molecule has 0 amide bonds. The summed E-state index contributed by atoms with van der Waals surface area (Å²) in [5.74, 6) is 0.722. The summed E-state index contributed by atoms with van der Waals surface area (Å²) < 4.78 is 1.32. The molecule has 10 rings (SSSR count). The topological polar surface area (TPSA) is 37.8 Å². The van der Waals surface area contributed by atoms with Crippen molar-refractivity contribution in [3.63, 3.8) is 0 Å². The van der Waals surface area contributed by atoms with Crippen LogP contribution in [-0.4, -0.2) is 9.97 Å². The van der Waals surface area contributed by atoms with Crippen LogP contribution in [0.15, 0.2) is 176 Å². The molecule has 0 fully saturated rings. The van der Waals surface area contributed by atoms with Gasteiger partial charge in [0.1, 0.15) is 0 Å². The molecule has 1 aliphatic rings. The molecule has 4 heteroatoms. The van der Waals surface area contributed by atoms with Crippen LogP contribution >= 0.6 is 11.3 Å². The van der Waals surface area contributed by atoms with E-state index in [4.69, 9.17) is 9.97 Å². The largest absolute Gasteiger partial charge is 0.373 e. The number of nitrogens with one attached hydrogen (secondary N) is 1. The molecule has 1 atom stereocenters. The Balaban J connectivity index is 1.00. The molecule has 9 aromatic rings. The predicted molar refractivity (Wildman–Crippen MR) is 214 cm³/mol. The smallest absolute Gasteiger partial charge is 0.160 e. The Morgan fingerprint density at radius 1 is 0.471 bits per heavy atom. The highest BCUT2D eigenvalue weighted by Gasteiger charge is 2.30. The fraction of sp³-hybridized carbons (Fsp3) is 0.0213. The highest BCUT2D eigenvalue weighted by atomic mass is 32.1. The van der Waals surface area contributed by atoms with E-state index in [0.717, 1.165) is 33.9 Å². The van der Waals surface area contributed by atoms with Gasteiger partial charge in [0, 0.05) is 42.8 Å². The van der Waals surface area contributed by atoms with Gasteiger partial charge in [0.05, 0.1) is 23.1 Å². The summed E-state index contributed by atoms with van der Waals surface area (Å²) in [4.78, 5) is 11.3. The number of benzene rings is 7. The highest BCUT2D eigenvalue weighted by Crippen LogP contribution is 2.52. The molecule has 7 aromatic carbocycles. The molecule has 0 radical (unpaired) electrons. The van der Waals surface area contributed by atoms with Crippen LogP contribution in [0.5, 0.6) is 0 Å². The molecule has 1 unspecified atom stereocenters. The van der Waals surface area contributed by atoms with E-state index in [0.29, 0.717) is 0 Å². The Hall–Kier alpha value is -6.36. The summed E-state index contributed by atoms with van der Waals surface area (Å²) in [6.45, 7) is 0. The lowest BCUT2D eigenvalue weighted by Gasteiger charge is -2.29. The Bertz CT molecular complexity index is 2640. The van der Waals surface area contributed by atoms with Crippen LogP contribution in [0.1, 0.15) is 17.2 Å². The summed E-state index contributed by atoms with van der Waals surface area (Å²) >= 11 is 1.90. The number of fused-ring (bicyclic) bond motifs is 7. The molecule has 0 saturated carbocycles. The molecular weight excluding hydrogens is 639 g/mol. The third kappa shape index (κ3) is 5.20. The second kappa shape index (κ2) is 12.2. The van der Waals surface area contributed by atoms with Crippen LogP contribution in [0.4, 0.5) is 5.69 Å². The van der Waals surface area contributed by atoms with Crippen molar-refractivity contribution in [1.29, 1.82) is 0 Å². The van der Waals surface area contributed by atoms with E-state index >= 15 is 0 Å². The standard InChI is InChI=1S/C47H31N3S/c1-3-12-33(13-4-1)40-29-41(49-47(48-40)36-14-5-2-6-15-36)34-23-19-30(20-24-34)31-21-25-35(26-22-31)44-43-38-17-9-10-18-42(38)51-46(43)39-28-27-32-11-7-8-16-37(32)45(39)50-44/h1-29,44,50H. The lowest BCUT2D eigenvalue weighted by molar-refractivity contribution is 0.949. The highest BCUT2D eigenvalue weighted by molar-refractivity contribution is 7.22. The van der Waals surface area contributed by atoms with E-state index in [2.05, 4.69) is 145 Å². The van der Waals surface area contributed by atoms with E-state index in [1.165, 1.54) is 59.2 Å². The Morgan fingerprint density at radius 3 is 1.76 bits per heavy atom. The Kier molecular flexibility index (Phi) is 7.07. The molecular formula is C47H31N3S. The zero-order chi connectivity index (χ0) is 33.7. The van der Waals surface area contributed by atoms with Gasteiger partial charge in [0.25, 0.3) is 0 Å². The Labute approximate surface area is 300 Å². The third-order valence-corrected chi connectivity index (χ3v) is 11.2. The normalized spacial score (nSPS) is 13.5. The Morgan fingerprint density at radius 2 is 1.04 bits per heavy atom. The molecule has 3 nitrogen and oxygen atoms in total. The maximum absolute atomic E-state index is 5.02. The van der Waals surface area contributed by atoms with Gasteiger partial charge in [-0.1, -0.05) is 164 Å². The van der Waals surface area contributed by atoms with E-state index in [1.54, 1.807) is 0 Å². The minimum Gasteiger partial charge on any atom is -0.373 e. The van der Waals surface area contributed by atoms with Crippen molar-refractivity contribution >= 4 is 37.9 Å². The number of hydrogen-bond donors (Lipinski definition) is 1. The van der Waals surface area contributed by atoms with E-state index in [1.807, 2.05) is 47.7 Å². The molecule has 0 spiro atoms. The van der Waals surface area contributed by atoms with Crippen LogP contribution in [0.3, 0.4) is 0 Å². The van der Waals surface area contributed by atoms with Gasteiger partial charge in [-0.15, -0.1) is 11.3 Å². The van der Waals surface area contributed by atoms with Crippen molar-refractivity contribution < 1.29 is 0 Å². The molecule has 2 aromatic heterocycles. The SMILES string of the molecule is c1ccc(-c2cc(-c3ccc(-c4ccc(C5Nc6c(ccc7ccccc67)-c6sc7ccccc7c65)cc4)cc3)nc(-c3ccccc3)n2)cc1. The second-order valence-electron chi connectivity index (χ2n) is 13.0. The average molecular weight is 670 g/mol. The van der Waals surface area contributed by atoms with Gasteiger partial charge in [0.2, 0.25) is 0 Å². The number of nitrogens with zero attached hydrogens (tertiary/aromatic N) is 2. The first-order valence-corrected chi connectivity index (χ1v) is 18.1. The molecule has 3 heterocycles. The third-order valence-electron chi connectivity index (χ3n) is 9.97. The van der Waals surface area contributed by atoms with Crippen LogP contribution in [0.2, 0.25) is 0 Å². The van der Waals surface area contributed by atoms with Crippen molar-refractivity contribution in [1.82, 2.24) is 9.97 Å². The molecule has 1 aliphatic heterocycles. The molecule has 1 N–H and O–H groups in total. The van der Waals surface area contributed by atoms with E-state index in [-0.39, 0.29) is 6.04 Å². The minimum atomic E-state index is 0.0428. The fourth-order valence-electron chi connectivity index (χ4n) is 7.40. The second-order valence-corrected chi connectivity index (χ2v) is 14.1. The number of rotatable bonds is 5. The van der Waals surface area contributed by atoms with Crippen molar-refractivity contribution in [2.45, 2.75) is 6.04 Å². The average Bonchev–Trinajstić information content (AvgIpc) is 3.61. The molecule has 0 aliphatic carbocycles. The first-order valence-electron chi connectivity index (χ1n) is 17.3. The van der Waals surface area contributed by atoms with E-state index in [9.17, 15) is 0 Å². The van der Waals surface area contributed by atoms with Gasteiger partial charge < -0.3 is 5.32 Å². The number of anilines is 1. The summed E-state index contributed by atoms with van der Waals surface area (Å²) in [5.41, 5.74) is 12.4. The predicted octanol–water partition coefficient (Wildman–Crippen LogP) is 12.7. The minimum absolute atomic E-state index is 0.0428. The van der Waals surface area contributed by atoms with Gasteiger partial charge in [-0.3, -0.25) is 0 Å². The molecule has 240 valence electrons. The monoisotopic (exact) mass is 669 g/mol. The van der Waals surface area contributed by atoms with Crippen molar-refractivity contribution in [2.24, 2.45) is 0 Å². The number of aromatic nitrogens is 2.